The molecule has 2 atom stereocenters. The topological polar surface area (TPSA) is 80.2 Å². The van der Waals surface area contributed by atoms with Crippen LogP contribution >= 0.6 is 0 Å². The number of cyclic esters (lactones) is 1. The maximum Gasteiger partial charge on any atom is 0.415 e. The highest BCUT2D eigenvalue weighted by atomic mass is 16.6. The molecule has 2 aromatic heterocycles. The average Bonchev–Trinajstić information content (AvgIpc) is 3.16. The molecule has 0 saturated carbocycles. The summed E-state index contributed by atoms with van der Waals surface area (Å²) in [6.45, 7) is 6.53. The molecule has 1 saturated heterocycles. The monoisotopic (exact) mass is 403 g/mol. The van der Waals surface area contributed by atoms with Crippen molar-refractivity contribution in [3.05, 3.63) is 66.5 Å². The molecule has 1 aliphatic rings. The summed E-state index contributed by atoms with van der Waals surface area (Å²) in [5.74, 6) is 1.25. The molecule has 1 N–H and O–H groups in total. The first-order chi connectivity index (χ1) is 14.5. The molecule has 3 heterocycles. The first-order valence-corrected chi connectivity index (χ1v) is 10.1. The van der Waals surface area contributed by atoms with Crippen LogP contribution in [0.3, 0.4) is 0 Å². The molecule has 7 heteroatoms. The summed E-state index contributed by atoms with van der Waals surface area (Å²) < 4.78 is 5.23. The predicted molar refractivity (Wildman–Crippen MR) is 116 cm³/mol. The van der Waals surface area contributed by atoms with E-state index in [1.807, 2.05) is 55.6 Å². The van der Waals surface area contributed by atoms with Gasteiger partial charge in [0, 0.05) is 18.0 Å². The normalized spacial score (nSPS) is 17.1. The zero-order valence-electron chi connectivity index (χ0n) is 17.3. The van der Waals surface area contributed by atoms with E-state index in [0.29, 0.717) is 18.4 Å². The summed E-state index contributed by atoms with van der Waals surface area (Å²) in [6.07, 6.45) is 3.14. The van der Waals surface area contributed by atoms with Crippen LogP contribution in [-0.4, -0.2) is 33.7 Å². The van der Waals surface area contributed by atoms with Gasteiger partial charge >= 0.3 is 6.09 Å². The van der Waals surface area contributed by atoms with Crippen molar-refractivity contribution in [1.29, 1.82) is 0 Å². The van der Waals surface area contributed by atoms with Gasteiger partial charge in [-0.25, -0.2) is 9.78 Å². The van der Waals surface area contributed by atoms with Gasteiger partial charge < -0.3 is 10.1 Å². The number of aromatic nitrogens is 3. The fraction of sp³-hybridized carbons (Fsp3) is 0.304. The third kappa shape index (κ3) is 4.10. The van der Waals surface area contributed by atoms with Gasteiger partial charge in [-0.15, -0.1) is 0 Å². The number of carbonyl (C=O) groups is 1. The number of hydrogen-bond acceptors (Lipinski definition) is 6. The Hall–Kier alpha value is -3.48. The number of hydrogen-bond donors (Lipinski definition) is 1. The fourth-order valence-electron chi connectivity index (χ4n) is 3.46. The van der Waals surface area contributed by atoms with E-state index in [4.69, 9.17) is 4.74 Å². The molecule has 3 aromatic rings. The molecule has 0 radical (unpaired) electrons. The van der Waals surface area contributed by atoms with Gasteiger partial charge in [-0.05, 0) is 30.5 Å². The minimum Gasteiger partial charge on any atom is -0.447 e. The molecule has 1 aliphatic heterocycles. The summed E-state index contributed by atoms with van der Waals surface area (Å²) in [4.78, 5) is 27.3. The van der Waals surface area contributed by atoms with E-state index in [-0.39, 0.29) is 24.1 Å². The minimum absolute atomic E-state index is 0.0348. The van der Waals surface area contributed by atoms with Crippen LogP contribution in [0.5, 0.6) is 0 Å². The molecule has 1 amide bonds. The lowest BCUT2D eigenvalue weighted by molar-refractivity contribution is 0.177. The van der Waals surface area contributed by atoms with Gasteiger partial charge in [-0.2, -0.15) is 4.98 Å². The lowest BCUT2D eigenvalue weighted by Gasteiger charge is -2.23. The Bertz CT molecular complexity index is 1010. The molecule has 1 aromatic carbocycles. The summed E-state index contributed by atoms with van der Waals surface area (Å²) in [6, 6.07) is 15.8. The maximum absolute atomic E-state index is 12.2. The van der Waals surface area contributed by atoms with Crippen molar-refractivity contribution in [3.63, 3.8) is 0 Å². The van der Waals surface area contributed by atoms with E-state index in [9.17, 15) is 4.79 Å². The van der Waals surface area contributed by atoms with Gasteiger partial charge in [0.1, 0.15) is 12.4 Å². The van der Waals surface area contributed by atoms with Crippen molar-refractivity contribution < 1.29 is 9.53 Å². The summed E-state index contributed by atoms with van der Waals surface area (Å²) in [5, 5.41) is 3.30. The van der Waals surface area contributed by atoms with Crippen LogP contribution in [0.4, 0.5) is 16.6 Å². The molecule has 1 unspecified atom stereocenters. The van der Waals surface area contributed by atoms with Crippen molar-refractivity contribution in [1.82, 2.24) is 15.0 Å². The Morgan fingerprint density at radius 2 is 1.87 bits per heavy atom. The average molecular weight is 403 g/mol. The second-order valence-corrected chi connectivity index (χ2v) is 7.71. The van der Waals surface area contributed by atoms with Crippen LogP contribution in [0.2, 0.25) is 0 Å². The molecule has 0 aliphatic carbocycles. The number of carbonyl (C=O) groups excluding carboxylic acids is 1. The van der Waals surface area contributed by atoms with Gasteiger partial charge in [0.15, 0.2) is 0 Å². The van der Waals surface area contributed by atoms with Gasteiger partial charge in [-0.3, -0.25) is 9.88 Å². The van der Waals surface area contributed by atoms with Gasteiger partial charge in [0.05, 0.1) is 17.8 Å². The highest BCUT2D eigenvalue weighted by molar-refractivity contribution is 5.89. The zero-order chi connectivity index (χ0) is 21.1. The first kappa shape index (κ1) is 19.8. The third-order valence-electron chi connectivity index (χ3n) is 5.26. The van der Waals surface area contributed by atoms with E-state index in [1.54, 1.807) is 17.2 Å². The second kappa shape index (κ2) is 8.49. The summed E-state index contributed by atoms with van der Waals surface area (Å²) >= 11 is 0. The lowest BCUT2D eigenvalue weighted by Crippen LogP contribution is -2.37. The molecule has 1 fully saturated rings. The smallest absolute Gasteiger partial charge is 0.415 e. The highest BCUT2D eigenvalue weighted by Gasteiger charge is 2.37. The van der Waals surface area contributed by atoms with E-state index in [1.165, 1.54) is 0 Å². The second-order valence-electron chi connectivity index (χ2n) is 7.71. The molecule has 0 bridgehead atoms. The van der Waals surface area contributed by atoms with Crippen LogP contribution < -0.4 is 10.2 Å². The first-order valence-electron chi connectivity index (χ1n) is 10.1. The molecule has 30 heavy (non-hydrogen) atoms. The number of nitrogens with zero attached hydrogens (tertiary/aromatic N) is 4. The van der Waals surface area contributed by atoms with Crippen molar-refractivity contribution >= 4 is 17.9 Å². The van der Waals surface area contributed by atoms with E-state index in [0.717, 1.165) is 16.8 Å². The SMILES string of the molecule is CC(C)C1COC(=O)N1c1ccnc(N[C@@H](C)c2ccc(-c3ccccc3)nc2)n1. The summed E-state index contributed by atoms with van der Waals surface area (Å²) in [7, 11) is 0. The number of nitrogens with one attached hydrogen (secondary N) is 1. The number of amides is 1. The fourth-order valence-corrected chi connectivity index (χ4v) is 3.46. The lowest BCUT2D eigenvalue weighted by atomic mass is 10.0. The van der Waals surface area contributed by atoms with Crippen molar-refractivity contribution in [2.75, 3.05) is 16.8 Å². The van der Waals surface area contributed by atoms with E-state index in [2.05, 4.69) is 34.1 Å². The van der Waals surface area contributed by atoms with Crippen LogP contribution in [0, 0.1) is 5.92 Å². The molecule has 0 spiro atoms. The van der Waals surface area contributed by atoms with Crippen molar-refractivity contribution in [2.24, 2.45) is 5.92 Å². The molecular formula is C23H25N5O2. The molecule has 4 rings (SSSR count). The predicted octanol–water partition coefficient (Wildman–Crippen LogP) is 4.69. The number of pyridine rings is 1. The maximum atomic E-state index is 12.2. The molecule has 154 valence electrons. The highest BCUT2D eigenvalue weighted by Crippen LogP contribution is 2.27. The zero-order valence-corrected chi connectivity index (χ0v) is 17.3. The van der Waals surface area contributed by atoms with Gasteiger partial charge in [0.25, 0.3) is 0 Å². The number of rotatable bonds is 6. The standard InChI is InChI=1S/C23H25N5O2/c1-15(2)20-14-30-23(29)28(20)21-11-12-24-22(27-21)26-16(3)18-9-10-19(25-13-18)17-7-5-4-6-8-17/h4-13,15-16,20H,14H2,1-3H3,(H,24,26,27)/t16-,20?/m0/s1. The Labute approximate surface area is 176 Å². The Kier molecular flexibility index (Phi) is 5.61. The largest absolute Gasteiger partial charge is 0.447 e. The number of benzene rings is 1. The van der Waals surface area contributed by atoms with Gasteiger partial charge in [0.2, 0.25) is 5.95 Å². The minimum atomic E-state index is -0.368. The Morgan fingerprint density at radius 1 is 1.07 bits per heavy atom. The van der Waals surface area contributed by atoms with Crippen LogP contribution in [0.25, 0.3) is 11.3 Å². The van der Waals surface area contributed by atoms with E-state index >= 15 is 0 Å². The third-order valence-corrected chi connectivity index (χ3v) is 5.26. The Morgan fingerprint density at radius 3 is 2.57 bits per heavy atom. The van der Waals surface area contributed by atoms with Crippen LogP contribution in [0.15, 0.2) is 60.9 Å². The van der Waals surface area contributed by atoms with Crippen LogP contribution in [0.1, 0.15) is 32.4 Å². The quantitative estimate of drug-likeness (QED) is 0.643. The number of anilines is 2. The van der Waals surface area contributed by atoms with Crippen molar-refractivity contribution in [2.45, 2.75) is 32.9 Å². The van der Waals surface area contributed by atoms with Crippen LogP contribution in [-0.2, 0) is 4.74 Å². The number of ether oxygens (including phenoxy) is 1. The summed E-state index contributed by atoms with van der Waals surface area (Å²) in [5.41, 5.74) is 3.03. The Balaban J connectivity index is 1.49. The van der Waals surface area contributed by atoms with Crippen molar-refractivity contribution in [3.8, 4) is 11.3 Å². The molecule has 7 nitrogen and oxygen atoms in total. The van der Waals surface area contributed by atoms with E-state index < -0.39 is 0 Å². The molecular weight excluding hydrogens is 378 g/mol. The van der Waals surface area contributed by atoms with Gasteiger partial charge in [-0.1, -0.05) is 50.2 Å².